The molecule has 3 N–H and O–H groups in total. The molecular formula is C16H19FN2O2. The maximum absolute atomic E-state index is 13.7. The Hall–Kier alpha value is -1.90. The minimum absolute atomic E-state index is 0.0865. The Balaban J connectivity index is 2.00. The lowest BCUT2D eigenvalue weighted by Crippen LogP contribution is -2.33. The number of benzene rings is 1. The normalized spacial score (nSPS) is 20.7. The van der Waals surface area contributed by atoms with Gasteiger partial charge in [0.2, 0.25) is 5.91 Å². The van der Waals surface area contributed by atoms with Gasteiger partial charge < -0.3 is 15.8 Å². The Morgan fingerprint density at radius 3 is 3.05 bits per heavy atom. The Morgan fingerprint density at radius 1 is 1.57 bits per heavy atom. The molecule has 21 heavy (non-hydrogen) atoms. The van der Waals surface area contributed by atoms with Crippen LogP contribution in [-0.2, 0) is 16.1 Å². The van der Waals surface area contributed by atoms with Crippen LogP contribution in [0.2, 0.25) is 0 Å². The fourth-order valence-corrected chi connectivity index (χ4v) is 2.33. The van der Waals surface area contributed by atoms with Crippen LogP contribution in [0.3, 0.4) is 0 Å². The topological polar surface area (TPSA) is 64.3 Å². The Labute approximate surface area is 123 Å². The van der Waals surface area contributed by atoms with Crippen molar-refractivity contribution in [3.63, 3.8) is 0 Å². The van der Waals surface area contributed by atoms with Crippen molar-refractivity contribution in [1.29, 1.82) is 0 Å². The maximum Gasteiger partial charge on any atom is 0.226 e. The van der Waals surface area contributed by atoms with Gasteiger partial charge in [0.25, 0.3) is 0 Å². The highest BCUT2D eigenvalue weighted by Gasteiger charge is 2.30. The van der Waals surface area contributed by atoms with Crippen molar-refractivity contribution in [2.45, 2.75) is 26.0 Å². The lowest BCUT2D eigenvalue weighted by molar-refractivity contribution is -0.126. The van der Waals surface area contributed by atoms with E-state index in [-0.39, 0.29) is 36.8 Å². The van der Waals surface area contributed by atoms with Gasteiger partial charge in [-0.1, -0.05) is 11.8 Å². The monoisotopic (exact) mass is 290 g/mol. The van der Waals surface area contributed by atoms with Gasteiger partial charge in [0, 0.05) is 24.3 Å². The van der Waals surface area contributed by atoms with Gasteiger partial charge in [0.1, 0.15) is 5.82 Å². The third-order valence-electron chi connectivity index (χ3n) is 3.55. The molecule has 5 heteroatoms. The molecule has 1 aliphatic heterocycles. The van der Waals surface area contributed by atoms with Crippen molar-refractivity contribution in [2.24, 2.45) is 11.7 Å². The molecule has 0 saturated carbocycles. The van der Waals surface area contributed by atoms with E-state index in [9.17, 15) is 9.18 Å². The lowest BCUT2D eigenvalue weighted by atomic mass is 10.0. The fraction of sp³-hybridized carbons (Fsp3) is 0.438. The Morgan fingerprint density at radius 2 is 2.38 bits per heavy atom. The molecule has 0 aliphatic carbocycles. The molecule has 2 rings (SSSR count). The molecule has 0 spiro atoms. The number of carbonyl (C=O) groups is 1. The summed E-state index contributed by atoms with van der Waals surface area (Å²) in [6.45, 7) is 2.87. The Kier molecular flexibility index (Phi) is 5.32. The van der Waals surface area contributed by atoms with E-state index >= 15 is 0 Å². The van der Waals surface area contributed by atoms with Crippen LogP contribution < -0.4 is 11.1 Å². The number of hydrogen-bond acceptors (Lipinski definition) is 3. The quantitative estimate of drug-likeness (QED) is 0.822. The summed E-state index contributed by atoms with van der Waals surface area (Å²) in [5.74, 6) is 4.95. The van der Waals surface area contributed by atoms with E-state index in [0.717, 1.165) is 0 Å². The summed E-state index contributed by atoms with van der Waals surface area (Å²) in [4.78, 5) is 12.0. The summed E-state index contributed by atoms with van der Waals surface area (Å²) in [7, 11) is 0. The molecule has 1 saturated heterocycles. The molecule has 1 aromatic rings. The average Bonchev–Trinajstić information content (AvgIpc) is 2.91. The van der Waals surface area contributed by atoms with Crippen molar-refractivity contribution in [1.82, 2.24) is 5.32 Å². The van der Waals surface area contributed by atoms with E-state index in [0.29, 0.717) is 24.2 Å². The average molecular weight is 290 g/mol. The smallest absolute Gasteiger partial charge is 0.226 e. The molecule has 4 nitrogen and oxygen atoms in total. The van der Waals surface area contributed by atoms with Crippen molar-refractivity contribution in [2.75, 3.05) is 13.2 Å². The third-order valence-corrected chi connectivity index (χ3v) is 3.55. The molecule has 0 radical (unpaired) electrons. The van der Waals surface area contributed by atoms with Crippen LogP contribution in [0.1, 0.15) is 24.5 Å². The van der Waals surface area contributed by atoms with Crippen molar-refractivity contribution >= 4 is 5.91 Å². The van der Waals surface area contributed by atoms with Gasteiger partial charge in [-0.05, 0) is 31.5 Å². The number of nitrogens with two attached hydrogens (primary N) is 1. The molecular weight excluding hydrogens is 271 g/mol. The molecule has 1 aromatic carbocycles. The number of carbonyl (C=O) groups excluding carboxylic acids is 1. The number of nitrogens with one attached hydrogen (secondary N) is 1. The summed E-state index contributed by atoms with van der Waals surface area (Å²) < 4.78 is 19.1. The molecule has 2 atom stereocenters. The van der Waals surface area contributed by atoms with Crippen LogP contribution >= 0.6 is 0 Å². The van der Waals surface area contributed by atoms with Crippen LogP contribution in [0.5, 0.6) is 0 Å². The van der Waals surface area contributed by atoms with Crippen LogP contribution in [0.25, 0.3) is 0 Å². The summed E-state index contributed by atoms with van der Waals surface area (Å²) >= 11 is 0. The van der Waals surface area contributed by atoms with Gasteiger partial charge in [-0.3, -0.25) is 4.79 Å². The summed E-state index contributed by atoms with van der Waals surface area (Å²) in [6.07, 6.45) is 0.619. The van der Waals surface area contributed by atoms with E-state index in [4.69, 9.17) is 10.5 Å². The third kappa shape index (κ3) is 4.03. The lowest BCUT2D eigenvalue weighted by Gasteiger charge is -2.14. The van der Waals surface area contributed by atoms with E-state index in [1.165, 1.54) is 6.07 Å². The number of ether oxygens (including phenoxy) is 1. The van der Waals surface area contributed by atoms with Gasteiger partial charge in [-0.2, -0.15) is 0 Å². The van der Waals surface area contributed by atoms with E-state index in [1.54, 1.807) is 12.1 Å². The summed E-state index contributed by atoms with van der Waals surface area (Å²) in [5, 5.41) is 2.76. The number of halogens is 1. The zero-order valence-corrected chi connectivity index (χ0v) is 12.0. The highest BCUT2D eigenvalue weighted by Crippen LogP contribution is 2.20. The first kappa shape index (κ1) is 15.5. The van der Waals surface area contributed by atoms with Gasteiger partial charge >= 0.3 is 0 Å². The molecule has 0 aromatic heterocycles. The zero-order valence-electron chi connectivity index (χ0n) is 12.0. The molecule has 1 amide bonds. The SMILES string of the molecule is CC1OCCC1C(=O)NCc1cc(C#CCN)ccc1F. The van der Waals surface area contributed by atoms with Crippen LogP contribution in [0.15, 0.2) is 18.2 Å². The number of rotatable bonds is 3. The molecule has 0 bridgehead atoms. The number of hydrogen-bond donors (Lipinski definition) is 2. The fourth-order valence-electron chi connectivity index (χ4n) is 2.33. The standard InChI is InChI=1S/C16H19FN2O2/c1-11-14(6-8-21-11)16(20)19-10-13-9-12(3-2-7-18)4-5-15(13)17/h4-5,9,11,14H,6-8,10,18H2,1H3,(H,19,20). The first-order valence-electron chi connectivity index (χ1n) is 6.98. The molecule has 1 fully saturated rings. The number of amides is 1. The highest BCUT2D eigenvalue weighted by molar-refractivity contribution is 5.79. The molecule has 1 heterocycles. The highest BCUT2D eigenvalue weighted by atomic mass is 19.1. The first-order chi connectivity index (χ1) is 10.1. The second-order valence-corrected chi connectivity index (χ2v) is 5.00. The van der Waals surface area contributed by atoms with E-state index < -0.39 is 0 Å². The predicted octanol–water partition coefficient (Wildman–Crippen LogP) is 1.18. The maximum atomic E-state index is 13.7. The van der Waals surface area contributed by atoms with E-state index in [2.05, 4.69) is 17.2 Å². The second-order valence-electron chi connectivity index (χ2n) is 5.00. The Bertz CT molecular complexity index is 577. The van der Waals surface area contributed by atoms with E-state index in [1.807, 2.05) is 6.92 Å². The van der Waals surface area contributed by atoms with Crippen molar-refractivity contribution in [3.05, 3.63) is 35.1 Å². The molecule has 1 aliphatic rings. The second kappa shape index (κ2) is 7.21. The van der Waals surface area contributed by atoms with Crippen molar-refractivity contribution in [3.8, 4) is 11.8 Å². The van der Waals surface area contributed by atoms with Gasteiger partial charge in [0.15, 0.2) is 0 Å². The van der Waals surface area contributed by atoms with Crippen LogP contribution in [0.4, 0.5) is 4.39 Å². The minimum atomic E-state index is -0.357. The summed E-state index contributed by atoms with van der Waals surface area (Å²) in [5.41, 5.74) is 6.41. The zero-order chi connectivity index (χ0) is 15.2. The van der Waals surface area contributed by atoms with Gasteiger partial charge in [0.05, 0.1) is 18.6 Å². The molecule has 112 valence electrons. The minimum Gasteiger partial charge on any atom is -0.378 e. The largest absolute Gasteiger partial charge is 0.378 e. The van der Waals surface area contributed by atoms with Gasteiger partial charge in [-0.15, -0.1) is 0 Å². The molecule has 2 unspecified atom stereocenters. The summed E-state index contributed by atoms with van der Waals surface area (Å²) in [6, 6.07) is 4.58. The van der Waals surface area contributed by atoms with Crippen molar-refractivity contribution < 1.29 is 13.9 Å². The van der Waals surface area contributed by atoms with Gasteiger partial charge in [-0.25, -0.2) is 4.39 Å². The predicted molar refractivity (Wildman–Crippen MR) is 77.7 cm³/mol. The van der Waals surface area contributed by atoms with Crippen LogP contribution in [-0.4, -0.2) is 25.2 Å². The first-order valence-corrected chi connectivity index (χ1v) is 6.98. The van der Waals surface area contributed by atoms with Crippen LogP contribution in [0, 0.1) is 23.6 Å².